The van der Waals surface area contributed by atoms with Gasteiger partial charge in [-0.1, -0.05) is 29.3 Å². The van der Waals surface area contributed by atoms with E-state index in [1.165, 1.54) is 31.3 Å². The van der Waals surface area contributed by atoms with E-state index in [0.717, 1.165) is 29.8 Å². The third-order valence-corrected chi connectivity index (χ3v) is 3.94. The van der Waals surface area contributed by atoms with Crippen molar-refractivity contribution < 1.29 is 9.53 Å². The summed E-state index contributed by atoms with van der Waals surface area (Å²) in [6.45, 7) is 2.76. The van der Waals surface area contributed by atoms with Crippen LogP contribution in [0.4, 0.5) is 0 Å². The Morgan fingerprint density at radius 1 is 1.33 bits per heavy atom. The Labute approximate surface area is 127 Å². The molecule has 0 unspecified atom stereocenters. The van der Waals surface area contributed by atoms with E-state index in [2.05, 4.69) is 11.4 Å². The van der Waals surface area contributed by atoms with Gasteiger partial charge in [0.25, 0.3) is 0 Å². The second kappa shape index (κ2) is 7.87. The molecule has 0 heterocycles. The highest BCUT2D eigenvalue weighted by Crippen LogP contribution is 2.21. The van der Waals surface area contributed by atoms with Gasteiger partial charge in [0.2, 0.25) is 5.91 Å². The number of ether oxygens (including phenoxy) is 1. The first-order valence-electron chi connectivity index (χ1n) is 7.77. The molecular formula is C18H25NO2. The van der Waals surface area contributed by atoms with Crippen molar-refractivity contribution in [3.8, 4) is 5.75 Å². The molecule has 2 rings (SSSR count). The fraction of sp³-hybridized carbons (Fsp3) is 0.500. The molecule has 21 heavy (non-hydrogen) atoms. The van der Waals surface area contributed by atoms with Gasteiger partial charge in [-0.05, 0) is 45.1 Å². The number of amides is 1. The third kappa shape index (κ3) is 4.92. The molecule has 3 nitrogen and oxygen atoms in total. The predicted octanol–water partition coefficient (Wildman–Crippen LogP) is 3.55. The van der Waals surface area contributed by atoms with Crippen molar-refractivity contribution in [3.63, 3.8) is 0 Å². The van der Waals surface area contributed by atoms with Crippen LogP contribution >= 0.6 is 0 Å². The molecule has 0 bridgehead atoms. The second-order valence-electron chi connectivity index (χ2n) is 5.70. The van der Waals surface area contributed by atoms with Crippen molar-refractivity contribution >= 4 is 5.91 Å². The zero-order valence-electron chi connectivity index (χ0n) is 13.1. The summed E-state index contributed by atoms with van der Waals surface area (Å²) >= 11 is 0. The molecule has 114 valence electrons. The maximum absolute atomic E-state index is 12.0. The van der Waals surface area contributed by atoms with E-state index in [1.807, 2.05) is 25.1 Å². The van der Waals surface area contributed by atoms with Gasteiger partial charge >= 0.3 is 0 Å². The van der Waals surface area contributed by atoms with E-state index in [-0.39, 0.29) is 5.91 Å². The monoisotopic (exact) mass is 287 g/mol. The van der Waals surface area contributed by atoms with Crippen LogP contribution in [0.3, 0.4) is 0 Å². The largest absolute Gasteiger partial charge is 0.496 e. The minimum atomic E-state index is 0.0651. The lowest BCUT2D eigenvalue weighted by molar-refractivity contribution is -0.120. The van der Waals surface area contributed by atoms with Gasteiger partial charge in [-0.15, -0.1) is 0 Å². The maximum Gasteiger partial charge on any atom is 0.224 e. The Kier molecular flexibility index (Phi) is 5.85. The molecule has 0 radical (unpaired) electrons. The van der Waals surface area contributed by atoms with Gasteiger partial charge in [0.15, 0.2) is 0 Å². The lowest BCUT2D eigenvalue weighted by atomic mass is 9.97. The number of hydrogen-bond acceptors (Lipinski definition) is 2. The van der Waals surface area contributed by atoms with Crippen molar-refractivity contribution in [2.24, 2.45) is 0 Å². The summed E-state index contributed by atoms with van der Waals surface area (Å²) in [5, 5.41) is 3.01. The van der Waals surface area contributed by atoms with E-state index < -0.39 is 0 Å². The normalized spacial score (nSPS) is 14.5. The molecule has 0 fully saturated rings. The van der Waals surface area contributed by atoms with Gasteiger partial charge in [0, 0.05) is 12.1 Å². The van der Waals surface area contributed by atoms with Gasteiger partial charge in [0.1, 0.15) is 5.75 Å². The Balaban J connectivity index is 1.81. The molecule has 1 N–H and O–H groups in total. The average Bonchev–Trinajstić information content (AvgIpc) is 2.48. The summed E-state index contributed by atoms with van der Waals surface area (Å²) in [6, 6.07) is 5.93. The van der Waals surface area contributed by atoms with Crippen LogP contribution in [0.25, 0.3) is 0 Å². The van der Waals surface area contributed by atoms with Crippen molar-refractivity contribution in [2.45, 2.75) is 45.4 Å². The van der Waals surface area contributed by atoms with Crippen molar-refractivity contribution in [2.75, 3.05) is 13.7 Å². The molecular weight excluding hydrogens is 262 g/mol. The van der Waals surface area contributed by atoms with E-state index in [0.29, 0.717) is 6.42 Å². The molecule has 0 aliphatic heterocycles. The minimum Gasteiger partial charge on any atom is -0.496 e. The molecule has 1 amide bonds. The first-order valence-corrected chi connectivity index (χ1v) is 7.77. The Morgan fingerprint density at radius 2 is 2.19 bits per heavy atom. The van der Waals surface area contributed by atoms with E-state index in [9.17, 15) is 4.79 Å². The molecule has 3 heteroatoms. The number of methoxy groups -OCH3 is 1. The van der Waals surface area contributed by atoms with Crippen LogP contribution in [0.2, 0.25) is 0 Å². The number of nitrogens with one attached hydrogen (secondary N) is 1. The zero-order valence-corrected chi connectivity index (χ0v) is 13.1. The van der Waals surface area contributed by atoms with Crippen molar-refractivity contribution in [1.29, 1.82) is 0 Å². The standard InChI is InChI=1S/C18H25NO2/c1-14-8-9-17(21-2)16(12-14)13-18(20)19-11-10-15-6-4-3-5-7-15/h6,8-9,12H,3-5,7,10-11,13H2,1-2H3,(H,19,20). The summed E-state index contributed by atoms with van der Waals surface area (Å²) in [4.78, 5) is 12.0. The van der Waals surface area contributed by atoms with Crippen LogP contribution in [0.1, 0.15) is 43.2 Å². The highest BCUT2D eigenvalue weighted by Gasteiger charge is 2.09. The first kappa shape index (κ1) is 15.6. The minimum absolute atomic E-state index is 0.0651. The van der Waals surface area contributed by atoms with Crippen LogP contribution in [-0.2, 0) is 11.2 Å². The van der Waals surface area contributed by atoms with Crippen molar-refractivity contribution in [1.82, 2.24) is 5.32 Å². The SMILES string of the molecule is COc1ccc(C)cc1CC(=O)NCCC1=CCCCC1. The third-order valence-electron chi connectivity index (χ3n) is 3.94. The Morgan fingerprint density at radius 3 is 2.90 bits per heavy atom. The number of hydrogen-bond donors (Lipinski definition) is 1. The zero-order chi connectivity index (χ0) is 15.1. The van der Waals surface area contributed by atoms with Gasteiger partial charge in [-0.25, -0.2) is 0 Å². The lowest BCUT2D eigenvalue weighted by Gasteiger charge is -2.13. The molecule has 0 saturated heterocycles. The quantitative estimate of drug-likeness (QED) is 0.813. The Bertz CT molecular complexity index is 520. The van der Waals surface area contributed by atoms with E-state index in [4.69, 9.17) is 4.74 Å². The summed E-state index contributed by atoms with van der Waals surface area (Å²) in [5.74, 6) is 0.848. The fourth-order valence-corrected chi connectivity index (χ4v) is 2.78. The molecule has 0 saturated carbocycles. The highest BCUT2D eigenvalue weighted by atomic mass is 16.5. The Hall–Kier alpha value is -1.77. The van der Waals surface area contributed by atoms with Gasteiger partial charge in [0.05, 0.1) is 13.5 Å². The summed E-state index contributed by atoms with van der Waals surface area (Å²) in [7, 11) is 1.64. The molecule has 1 aromatic rings. The number of carbonyl (C=O) groups is 1. The maximum atomic E-state index is 12.0. The summed E-state index contributed by atoms with van der Waals surface area (Å²) in [6.07, 6.45) is 8.69. The predicted molar refractivity (Wildman–Crippen MR) is 85.6 cm³/mol. The lowest BCUT2D eigenvalue weighted by Crippen LogP contribution is -2.26. The van der Waals surface area contributed by atoms with Gasteiger partial charge in [-0.3, -0.25) is 4.79 Å². The van der Waals surface area contributed by atoms with Gasteiger partial charge < -0.3 is 10.1 Å². The molecule has 0 spiro atoms. The van der Waals surface area contributed by atoms with Crippen LogP contribution < -0.4 is 10.1 Å². The molecule has 1 aromatic carbocycles. The number of allylic oxidation sites excluding steroid dienone is 1. The smallest absolute Gasteiger partial charge is 0.224 e. The second-order valence-corrected chi connectivity index (χ2v) is 5.70. The fourth-order valence-electron chi connectivity index (χ4n) is 2.78. The number of rotatable bonds is 6. The number of carbonyl (C=O) groups excluding carboxylic acids is 1. The number of aryl methyl sites for hydroxylation is 1. The van der Waals surface area contributed by atoms with Crippen LogP contribution in [0, 0.1) is 6.92 Å². The molecule has 0 aromatic heterocycles. The first-order chi connectivity index (χ1) is 10.2. The van der Waals surface area contributed by atoms with Gasteiger partial charge in [-0.2, -0.15) is 0 Å². The molecule has 1 aliphatic carbocycles. The average molecular weight is 287 g/mol. The summed E-state index contributed by atoms with van der Waals surface area (Å²) < 4.78 is 5.31. The van der Waals surface area contributed by atoms with Crippen LogP contribution in [0.5, 0.6) is 5.75 Å². The van der Waals surface area contributed by atoms with Crippen LogP contribution in [0.15, 0.2) is 29.8 Å². The summed E-state index contributed by atoms with van der Waals surface area (Å²) in [5.41, 5.74) is 3.59. The topological polar surface area (TPSA) is 38.3 Å². The molecule has 0 atom stereocenters. The van der Waals surface area contributed by atoms with E-state index >= 15 is 0 Å². The van der Waals surface area contributed by atoms with Crippen LogP contribution in [-0.4, -0.2) is 19.6 Å². The molecule has 1 aliphatic rings. The highest BCUT2D eigenvalue weighted by molar-refractivity contribution is 5.79. The number of benzene rings is 1. The van der Waals surface area contributed by atoms with Crippen molar-refractivity contribution in [3.05, 3.63) is 41.0 Å². The van der Waals surface area contributed by atoms with E-state index in [1.54, 1.807) is 7.11 Å².